The first-order valence-electron chi connectivity index (χ1n) is 8.98. The molecule has 28 heavy (non-hydrogen) atoms. The number of nitrogens with zero attached hydrogens (tertiary/aromatic N) is 2. The van der Waals surface area contributed by atoms with Crippen LogP contribution in [0.2, 0.25) is 0 Å². The molecule has 0 saturated heterocycles. The highest BCUT2D eigenvalue weighted by Crippen LogP contribution is 2.30. The van der Waals surface area contributed by atoms with Crippen LogP contribution in [0.15, 0.2) is 42.5 Å². The molecule has 8 nitrogen and oxygen atoms in total. The van der Waals surface area contributed by atoms with E-state index < -0.39 is 4.92 Å². The summed E-state index contributed by atoms with van der Waals surface area (Å²) in [7, 11) is 1.42. The predicted octanol–water partition coefficient (Wildman–Crippen LogP) is 2.93. The molecule has 0 aliphatic carbocycles. The van der Waals surface area contributed by atoms with E-state index in [-0.39, 0.29) is 24.0 Å². The maximum Gasteiger partial charge on any atom is 0.314 e. The first-order valence-corrected chi connectivity index (χ1v) is 8.98. The van der Waals surface area contributed by atoms with Crippen molar-refractivity contribution in [2.24, 2.45) is 0 Å². The number of anilines is 1. The summed E-state index contributed by atoms with van der Waals surface area (Å²) in [5.41, 5.74) is 2.03. The van der Waals surface area contributed by atoms with Crippen LogP contribution in [0.4, 0.5) is 11.4 Å². The van der Waals surface area contributed by atoms with Gasteiger partial charge in [-0.15, -0.1) is 0 Å². The predicted molar refractivity (Wildman–Crippen MR) is 107 cm³/mol. The lowest BCUT2D eigenvalue weighted by Gasteiger charge is -2.23. The molecule has 1 amide bonds. The lowest BCUT2D eigenvalue weighted by Crippen LogP contribution is -2.37. The number of hydrogen-bond acceptors (Lipinski definition) is 6. The molecule has 0 heterocycles. The summed E-state index contributed by atoms with van der Waals surface area (Å²) < 4.78 is 10.3. The highest BCUT2D eigenvalue weighted by atomic mass is 16.6. The van der Waals surface area contributed by atoms with Gasteiger partial charge in [-0.1, -0.05) is 12.1 Å². The van der Waals surface area contributed by atoms with Crippen molar-refractivity contribution >= 4 is 17.3 Å². The van der Waals surface area contributed by atoms with Gasteiger partial charge in [-0.3, -0.25) is 14.9 Å². The van der Waals surface area contributed by atoms with Gasteiger partial charge in [0, 0.05) is 25.3 Å². The third kappa shape index (κ3) is 5.87. The van der Waals surface area contributed by atoms with Crippen LogP contribution in [0, 0.1) is 17.0 Å². The van der Waals surface area contributed by atoms with Gasteiger partial charge >= 0.3 is 5.69 Å². The van der Waals surface area contributed by atoms with Crippen LogP contribution >= 0.6 is 0 Å². The standard InChI is InChI=1S/C20H25N3O5/c1-4-22(16-7-5-6-15(2)12-16)11-10-21-20(24)14-28-19-9-8-17(27-3)13-18(19)23(25)26/h5-9,12-13H,4,10-11,14H2,1-3H3,(H,21,24). The number of ether oxygens (including phenoxy) is 2. The van der Waals surface area contributed by atoms with Crippen LogP contribution in [-0.4, -0.2) is 44.2 Å². The number of rotatable bonds is 10. The van der Waals surface area contributed by atoms with Crippen LogP contribution in [0.25, 0.3) is 0 Å². The Hall–Kier alpha value is -3.29. The van der Waals surface area contributed by atoms with E-state index in [2.05, 4.69) is 23.2 Å². The number of nitro benzene ring substituents is 1. The zero-order valence-electron chi connectivity index (χ0n) is 16.3. The van der Waals surface area contributed by atoms with E-state index >= 15 is 0 Å². The zero-order valence-corrected chi connectivity index (χ0v) is 16.3. The first kappa shape index (κ1) is 21.0. The second-order valence-corrected chi connectivity index (χ2v) is 6.15. The lowest BCUT2D eigenvalue weighted by atomic mass is 10.2. The maximum atomic E-state index is 12.0. The molecule has 2 rings (SSSR count). The molecule has 2 aromatic carbocycles. The minimum Gasteiger partial charge on any atom is -0.496 e. The van der Waals surface area contributed by atoms with Crippen molar-refractivity contribution in [2.75, 3.05) is 38.3 Å². The second kappa shape index (κ2) is 10.1. The maximum absolute atomic E-state index is 12.0. The molecule has 0 spiro atoms. The van der Waals surface area contributed by atoms with Gasteiger partial charge in [0.15, 0.2) is 12.4 Å². The minimum absolute atomic E-state index is 0.0240. The first-order chi connectivity index (χ1) is 13.4. The van der Waals surface area contributed by atoms with Gasteiger partial charge < -0.3 is 19.7 Å². The fraction of sp³-hybridized carbons (Fsp3) is 0.350. The molecule has 8 heteroatoms. The Labute approximate surface area is 164 Å². The number of amides is 1. The molecular weight excluding hydrogens is 362 g/mol. The van der Waals surface area contributed by atoms with Crippen molar-refractivity contribution in [1.29, 1.82) is 0 Å². The Kier molecular flexibility index (Phi) is 7.62. The van der Waals surface area contributed by atoms with E-state index in [1.807, 2.05) is 25.1 Å². The molecule has 0 bridgehead atoms. The van der Waals surface area contributed by atoms with Crippen LogP contribution in [0.1, 0.15) is 12.5 Å². The Morgan fingerprint density at radius 1 is 1.25 bits per heavy atom. The Balaban J connectivity index is 1.85. The van der Waals surface area contributed by atoms with Crippen molar-refractivity contribution in [3.05, 3.63) is 58.1 Å². The Morgan fingerprint density at radius 3 is 2.68 bits per heavy atom. The third-order valence-corrected chi connectivity index (χ3v) is 4.17. The van der Waals surface area contributed by atoms with E-state index in [4.69, 9.17) is 9.47 Å². The highest BCUT2D eigenvalue weighted by Gasteiger charge is 2.17. The topological polar surface area (TPSA) is 93.9 Å². The molecule has 0 fully saturated rings. The number of benzene rings is 2. The van der Waals surface area contributed by atoms with E-state index in [0.29, 0.717) is 18.8 Å². The average Bonchev–Trinajstić information content (AvgIpc) is 2.69. The fourth-order valence-corrected chi connectivity index (χ4v) is 2.71. The molecule has 0 aliphatic heterocycles. The number of hydrogen-bond donors (Lipinski definition) is 1. The Morgan fingerprint density at radius 2 is 2.04 bits per heavy atom. The van der Waals surface area contributed by atoms with Gasteiger partial charge in [-0.2, -0.15) is 0 Å². The van der Waals surface area contributed by atoms with Gasteiger partial charge in [0.05, 0.1) is 18.1 Å². The number of nitrogens with one attached hydrogen (secondary N) is 1. The third-order valence-electron chi connectivity index (χ3n) is 4.17. The quantitative estimate of drug-likeness (QED) is 0.498. The number of nitro groups is 1. The number of methoxy groups -OCH3 is 1. The molecule has 150 valence electrons. The van der Waals surface area contributed by atoms with Crippen molar-refractivity contribution in [2.45, 2.75) is 13.8 Å². The van der Waals surface area contributed by atoms with E-state index in [1.165, 1.54) is 24.8 Å². The smallest absolute Gasteiger partial charge is 0.314 e. The monoisotopic (exact) mass is 387 g/mol. The SMILES string of the molecule is CCN(CCNC(=O)COc1ccc(OC)cc1[N+](=O)[O-])c1cccc(C)c1. The number of carbonyl (C=O) groups excluding carboxylic acids is 1. The van der Waals surface area contributed by atoms with Crippen molar-refractivity contribution in [3.63, 3.8) is 0 Å². The van der Waals surface area contributed by atoms with Crippen LogP contribution in [0.5, 0.6) is 11.5 Å². The molecule has 0 radical (unpaired) electrons. The normalized spacial score (nSPS) is 10.2. The molecule has 0 saturated carbocycles. The van der Waals surface area contributed by atoms with Crippen molar-refractivity contribution in [1.82, 2.24) is 5.32 Å². The minimum atomic E-state index is -0.573. The summed E-state index contributed by atoms with van der Waals surface area (Å²) in [5, 5.41) is 13.9. The molecule has 0 aromatic heterocycles. The summed E-state index contributed by atoms with van der Waals surface area (Å²) in [6.45, 7) is 5.69. The summed E-state index contributed by atoms with van der Waals surface area (Å²) in [6.07, 6.45) is 0. The van der Waals surface area contributed by atoms with Gasteiger partial charge in [0.2, 0.25) is 0 Å². The number of carbonyl (C=O) groups is 1. The number of aryl methyl sites for hydroxylation is 1. The van der Waals surface area contributed by atoms with Crippen LogP contribution in [0.3, 0.4) is 0 Å². The summed E-state index contributed by atoms with van der Waals surface area (Å²) in [6, 6.07) is 12.4. The van der Waals surface area contributed by atoms with Crippen LogP contribution < -0.4 is 19.7 Å². The van der Waals surface area contributed by atoms with Crippen molar-refractivity contribution < 1.29 is 19.2 Å². The molecule has 0 aliphatic rings. The van der Waals surface area contributed by atoms with Crippen LogP contribution in [-0.2, 0) is 4.79 Å². The van der Waals surface area contributed by atoms with E-state index in [9.17, 15) is 14.9 Å². The van der Waals surface area contributed by atoms with Crippen molar-refractivity contribution in [3.8, 4) is 11.5 Å². The Bertz CT molecular complexity index is 825. The highest BCUT2D eigenvalue weighted by molar-refractivity contribution is 5.77. The lowest BCUT2D eigenvalue weighted by molar-refractivity contribution is -0.385. The largest absolute Gasteiger partial charge is 0.496 e. The molecule has 2 aromatic rings. The number of likely N-dealkylation sites (N-methyl/N-ethyl adjacent to an activating group) is 1. The molecule has 0 unspecified atom stereocenters. The molecule has 0 atom stereocenters. The van der Waals surface area contributed by atoms with Gasteiger partial charge in [0.1, 0.15) is 5.75 Å². The summed E-state index contributed by atoms with van der Waals surface area (Å²) in [4.78, 5) is 24.8. The van der Waals surface area contributed by atoms with E-state index in [1.54, 1.807) is 6.07 Å². The molecule has 1 N–H and O–H groups in total. The van der Waals surface area contributed by atoms with Gasteiger partial charge in [-0.05, 0) is 43.7 Å². The average molecular weight is 387 g/mol. The summed E-state index contributed by atoms with van der Waals surface area (Å²) >= 11 is 0. The zero-order chi connectivity index (χ0) is 20.5. The second-order valence-electron chi connectivity index (χ2n) is 6.15. The summed E-state index contributed by atoms with van der Waals surface area (Å²) in [5.74, 6) is 0.0283. The van der Waals surface area contributed by atoms with E-state index in [0.717, 1.165) is 12.2 Å². The van der Waals surface area contributed by atoms with Gasteiger partial charge in [-0.25, -0.2) is 0 Å². The van der Waals surface area contributed by atoms with Gasteiger partial charge in [0.25, 0.3) is 5.91 Å². The molecular formula is C20H25N3O5. The fourth-order valence-electron chi connectivity index (χ4n) is 2.71.